The van der Waals surface area contributed by atoms with Gasteiger partial charge in [0.1, 0.15) is 0 Å². The molecular formula is C14H22N2O2. The second-order valence-electron chi connectivity index (χ2n) is 6.25. The molecule has 1 saturated carbocycles. The van der Waals surface area contributed by atoms with E-state index in [0.29, 0.717) is 25.4 Å². The van der Waals surface area contributed by atoms with Crippen molar-refractivity contribution in [1.82, 2.24) is 10.2 Å². The molecule has 2 saturated heterocycles. The van der Waals surface area contributed by atoms with E-state index in [1.165, 1.54) is 17.7 Å². The van der Waals surface area contributed by atoms with Crippen LogP contribution in [0.25, 0.3) is 0 Å². The highest BCUT2D eigenvalue weighted by molar-refractivity contribution is 5.98. The summed E-state index contributed by atoms with van der Waals surface area (Å²) in [5.74, 6) is 0.142. The highest BCUT2D eigenvalue weighted by atomic mass is 16.2. The summed E-state index contributed by atoms with van der Waals surface area (Å²) in [6.07, 6.45) is 7.96. The molecule has 1 aliphatic carbocycles. The fraction of sp³-hybridized carbons (Fsp3) is 0.857. The summed E-state index contributed by atoms with van der Waals surface area (Å²) in [4.78, 5) is 26.0. The first-order chi connectivity index (χ1) is 8.69. The lowest BCUT2D eigenvalue weighted by molar-refractivity contribution is -0.153. The molecule has 4 nitrogen and oxygen atoms in total. The molecule has 0 radical (unpaired) electrons. The maximum Gasteiger partial charge on any atom is 0.229 e. The molecule has 3 fully saturated rings. The third-order valence-electron chi connectivity index (χ3n) is 4.88. The number of likely N-dealkylation sites (tertiary alicyclic amines) is 1. The first kappa shape index (κ1) is 12.2. The summed E-state index contributed by atoms with van der Waals surface area (Å²) in [5.41, 5.74) is 0.0355. The first-order valence-corrected chi connectivity index (χ1v) is 7.25. The fourth-order valence-corrected chi connectivity index (χ4v) is 3.85. The van der Waals surface area contributed by atoms with E-state index in [4.69, 9.17) is 0 Å². The van der Waals surface area contributed by atoms with Crippen LogP contribution in [-0.4, -0.2) is 35.8 Å². The molecule has 0 aromatic carbocycles. The van der Waals surface area contributed by atoms with Gasteiger partial charge in [0, 0.05) is 25.4 Å². The van der Waals surface area contributed by atoms with Crippen LogP contribution in [0, 0.1) is 5.41 Å². The summed E-state index contributed by atoms with van der Waals surface area (Å²) in [5, 5.41) is 3.36. The number of amides is 2. The number of hydrogen-bond acceptors (Lipinski definition) is 3. The molecule has 0 aromatic heterocycles. The monoisotopic (exact) mass is 250 g/mol. The Kier molecular flexibility index (Phi) is 3.14. The molecule has 3 rings (SSSR count). The van der Waals surface area contributed by atoms with Crippen molar-refractivity contribution in [2.24, 2.45) is 5.41 Å². The van der Waals surface area contributed by atoms with Crippen molar-refractivity contribution in [2.45, 2.75) is 57.4 Å². The lowest BCUT2D eigenvalue weighted by atomic mass is 9.76. The van der Waals surface area contributed by atoms with Crippen LogP contribution in [-0.2, 0) is 9.59 Å². The van der Waals surface area contributed by atoms with Gasteiger partial charge in [-0.15, -0.1) is 0 Å². The molecule has 1 N–H and O–H groups in total. The fourth-order valence-electron chi connectivity index (χ4n) is 3.85. The number of carbonyl (C=O) groups excluding carboxylic acids is 2. The lowest BCUT2D eigenvalue weighted by Crippen LogP contribution is -2.51. The summed E-state index contributed by atoms with van der Waals surface area (Å²) < 4.78 is 0. The molecule has 1 atom stereocenters. The standard InChI is InChI=1S/C14H22N2O2/c17-12-8-14(5-1-2-6-14)9-13(18)16(12)10-11-4-3-7-15-11/h11,15H,1-10H2. The van der Waals surface area contributed by atoms with Crippen LogP contribution >= 0.6 is 0 Å². The highest BCUT2D eigenvalue weighted by Crippen LogP contribution is 2.46. The van der Waals surface area contributed by atoms with Gasteiger partial charge in [-0.1, -0.05) is 12.8 Å². The zero-order valence-corrected chi connectivity index (χ0v) is 10.9. The molecule has 100 valence electrons. The van der Waals surface area contributed by atoms with E-state index in [0.717, 1.165) is 32.2 Å². The molecule has 2 heterocycles. The molecule has 4 heteroatoms. The number of rotatable bonds is 2. The predicted molar refractivity (Wildman–Crippen MR) is 67.9 cm³/mol. The van der Waals surface area contributed by atoms with E-state index in [9.17, 15) is 9.59 Å². The van der Waals surface area contributed by atoms with E-state index < -0.39 is 0 Å². The van der Waals surface area contributed by atoms with Crippen LogP contribution in [0.5, 0.6) is 0 Å². The van der Waals surface area contributed by atoms with E-state index in [-0.39, 0.29) is 17.2 Å². The van der Waals surface area contributed by atoms with Crippen molar-refractivity contribution in [2.75, 3.05) is 13.1 Å². The minimum atomic E-state index is 0.0355. The molecule has 18 heavy (non-hydrogen) atoms. The Morgan fingerprint density at radius 3 is 2.33 bits per heavy atom. The van der Waals surface area contributed by atoms with Gasteiger partial charge in [-0.2, -0.15) is 0 Å². The SMILES string of the molecule is O=C1CC2(CCCC2)CC(=O)N1CC1CCCN1. The minimum absolute atomic E-state index is 0.0355. The van der Waals surface area contributed by atoms with Crippen LogP contribution in [0.3, 0.4) is 0 Å². The van der Waals surface area contributed by atoms with Crippen molar-refractivity contribution < 1.29 is 9.59 Å². The van der Waals surface area contributed by atoms with Crippen LogP contribution in [0.4, 0.5) is 0 Å². The first-order valence-electron chi connectivity index (χ1n) is 7.25. The van der Waals surface area contributed by atoms with Crippen LogP contribution < -0.4 is 5.32 Å². The predicted octanol–water partition coefficient (Wildman–Crippen LogP) is 1.45. The number of piperidine rings is 1. The second kappa shape index (κ2) is 4.65. The van der Waals surface area contributed by atoms with Crippen LogP contribution in [0.15, 0.2) is 0 Å². The smallest absolute Gasteiger partial charge is 0.229 e. The minimum Gasteiger partial charge on any atom is -0.312 e. The molecule has 2 aliphatic heterocycles. The molecular weight excluding hydrogens is 228 g/mol. The molecule has 0 aromatic rings. The number of nitrogens with zero attached hydrogens (tertiary/aromatic N) is 1. The maximum atomic E-state index is 12.2. The quantitative estimate of drug-likeness (QED) is 0.755. The Labute approximate surface area is 108 Å². The van der Waals surface area contributed by atoms with Gasteiger partial charge < -0.3 is 5.32 Å². The van der Waals surface area contributed by atoms with Gasteiger partial charge in [-0.25, -0.2) is 0 Å². The van der Waals surface area contributed by atoms with Crippen molar-refractivity contribution >= 4 is 11.8 Å². The summed E-state index contributed by atoms with van der Waals surface area (Å²) >= 11 is 0. The molecule has 0 bridgehead atoms. The Bertz CT molecular complexity index is 335. The van der Waals surface area contributed by atoms with E-state index >= 15 is 0 Å². The number of hydrogen-bond donors (Lipinski definition) is 1. The van der Waals surface area contributed by atoms with Gasteiger partial charge in [-0.3, -0.25) is 14.5 Å². The zero-order chi connectivity index (χ0) is 12.6. The normalized spacial score (nSPS) is 31.6. The van der Waals surface area contributed by atoms with Gasteiger partial charge in [-0.05, 0) is 37.6 Å². The van der Waals surface area contributed by atoms with Gasteiger partial charge >= 0.3 is 0 Å². The van der Waals surface area contributed by atoms with Gasteiger partial charge in [0.25, 0.3) is 0 Å². The van der Waals surface area contributed by atoms with Gasteiger partial charge in [0.2, 0.25) is 11.8 Å². The third kappa shape index (κ3) is 2.18. The Balaban J connectivity index is 1.66. The molecule has 1 unspecified atom stereocenters. The average molecular weight is 250 g/mol. The Morgan fingerprint density at radius 2 is 1.78 bits per heavy atom. The van der Waals surface area contributed by atoms with Gasteiger partial charge in [0.15, 0.2) is 0 Å². The summed E-state index contributed by atoms with van der Waals surface area (Å²) in [6.45, 7) is 1.61. The number of carbonyl (C=O) groups is 2. The van der Waals surface area contributed by atoms with Crippen LogP contribution in [0.1, 0.15) is 51.4 Å². The van der Waals surface area contributed by atoms with Gasteiger partial charge in [0.05, 0.1) is 0 Å². The van der Waals surface area contributed by atoms with Crippen molar-refractivity contribution in [3.8, 4) is 0 Å². The Hall–Kier alpha value is -0.900. The van der Waals surface area contributed by atoms with E-state index in [1.807, 2.05) is 0 Å². The second-order valence-corrected chi connectivity index (χ2v) is 6.25. The summed E-state index contributed by atoms with van der Waals surface area (Å²) in [6, 6.07) is 0.329. The van der Waals surface area contributed by atoms with E-state index in [1.54, 1.807) is 0 Å². The van der Waals surface area contributed by atoms with Crippen LogP contribution in [0.2, 0.25) is 0 Å². The highest BCUT2D eigenvalue weighted by Gasteiger charge is 2.45. The van der Waals surface area contributed by atoms with E-state index in [2.05, 4.69) is 5.32 Å². The Morgan fingerprint density at radius 1 is 1.11 bits per heavy atom. The van der Waals surface area contributed by atoms with Crippen molar-refractivity contribution in [1.29, 1.82) is 0 Å². The van der Waals surface area contributed by atoms with Crippen molar-refractivity contribution in [3.05, 3.63) is 0 Å². The zero-order valence-electron chi connectivity index (χ0n) is 10.9. The molecule has 3 aliphatic rings. The summed E-state index contributed by atoms with van der Waals surface area (Å²) in [7, 11) is 0. The number of nitrogens with one attached hydrogen (secondary N) is 1. The average Bonchev–Trinajstić information content (AvgIpc) is 2.96. The maximum absolute atomic E-state index is 12.2. The number of imide groups is 1. The largest absolute Gasteiger partial charge is 0.312 e. The third-order valence-corrected chi connectivity index (χ3v) is 4.88. The van der Waals surface area contributed by atoms with Crippen molar-refractivity contribution in [3.63, 3.8) is 0 Å². The lowest BCUT2D eigenvalue weighted by Gasteiger charge is -2.38. The molecule has 2 amide bonds. The molecule has 1 spiro atoms. The topological polar surface area (TPSA) is 49.4 Å².